The number of alkyl halides is 5. The molecule has 0 spiro atoms. The maximum Gasteiger partial charge on any atom is 0.457 e. The molecule has 0 saturated heterocycles. The molecule has 0 aromatic carbocycles. The highest BCUT2D eigenvalue weighted by Crippen LogP contribution is 2.40. The number of ether oxygens (including phenoxy) is 1. The first-order chi connectivity index (χ1) is 9.63. The lowest BCUT2D eigenvalue weighted by Gasteiger charge is -2.28. The standard InChI is InChI=1S/C12H12F5N3O/c1-7-2-3-8(6-19)10(20-7)21-9(4-5-18)11(13,14)12(15,16)17/h2-3,9H,4-5,18H2,1H3. The minimum Gasteiger partial charge on any atom is -0.467 e. The van der Waals surface area contributed by atoms with Crippen LogP contribution in [0, 0.1) is 18.3 Å². The second-order valence-corrected chi connectivity index (χ2v) is 4.22. The minimum atomic E-state index is -5.79. The monoisotopic (exact) mass is 309 g/mol. The third kappa shape index (κ3) is 3.78. The van der Waals surface area contributed by atoms with Crippen molar-refractivity contribution in [1.82, 2.24) is 4.98 Å². The van der Waals surface area contributed by atoms with E-state index in [0.29, 0.717) is 5.69 Å². The first-order valence-electron chi connectivity index (χ1n) is 5.82. The van der Waals surface area contributed by atoms with Crippen LogP contribution in [0.25, 0.3) is 0 Å². The topological polar surface area (TPSA) is 71.9 Å². The average Bonchev–Trinajstić information content (AvgIpc) is 2.37. The third-order valence-electron chi connectivity index (χ3n) is 2.59. The summed E-state index contributed by atoms with van der Waals surface area (Å²) in [5.74, 6) is -5.68. The number of rotatable bonds is 5. The minimum absolute atomic E-state index is 0.236. The van der Waals surface area contributed by atoms with Gasteiger partial charge < -0.3 is 10.5 Å². The van der Waals surface area contributed by atoms with Crippen LogP contribution >= 0.6 is 0 Å². The number of aromatic nitrogens is 1. The molecule has 0 aliphatic carbocycles. The summed E-state index contributed by atoms with van der Waals surface area (Å²) >= 11 is 0. The Labute approximate surface area is 117 Å². The van der Waals surface area contributed by atoms with Crippen LogP contribution in [0.4, 0.5) is 22.0 Å². The Morgan fingerprint density at radius 2 is 1.95 bits per heavy atom. The van der Waals surface area contributed by atoms with Crippen molar-refractivity contribution in [1.29, 1.82) is 5.26 Å². The maximum atomic E-state index is 13.4. The van der Waals surface area contributed by atoms with Gasteiger partial charge in [0.1, 0.15) is 11.6 Å². The van der Waals surface area contributed by atoms with Gasteiger partial charge in [-0.25, -0.2) is 4.98 Å². The van der Waals surface area contributed by atoms with Crippen LogP contribution in [-0.4, -0.2) is 29.7 Å². The number of nitriles is 1. The first-order valence-corrected chi connectivity index (χ1v) is 5.82. The van der Waals surface area contributed by atoms with E-state index < -0.39 is 37.0 Å². The molecule has 0 radical (unpaired) electrons. The lowest BCUT2D eigenvalue weighted by molar-refractivity contribution is -0.309. The fraction of sp³-hybridized carbons (Fsp3) is 0.500. The normalized spacial score (nSPS) is 13.6. The van der Waals surface area contributed by atoms with Crippen LogP contribution in [-0.2, 0) is 0 Å². The van der Waals surface area contributed by atoms with Crippen molar-refractivity contribution in [2.24, 2.45) is 5.73 Å². The first kappa shape index (κ1) is 17.1. The van der Waals surface area contributed by atoms with E-state index in [2.05, 4.69) is 9.72 Å². The van der Waals surface area contributed by atoms with E-state index >= 15 is 0 Å². The maximum absolute atomic E-state index is 13.4. The quantitative estimate of drug-likeness (QED) is 0.849. The van der Waals surface area contributed by atoms with Gasteiger partial charge in [0.05, 0.1) is 0 Å². The van der Waals surface area contributed by atoms with Gasteiger partial charge in [0.25, 0.3) is 0 Å². The Kier molecular flexibility index (Phi) is 5.06. The molecule has 4 nitrogen and oxygen atoms in total. The molecule has 1 heterocycles. The number of nitrogens with two attached hydrogens (primary N) is 1. The molecular weight excluding hydrogens is 297 g/mol. The van der Waals surface area contributed by atoms with Crippen LogP contribution in [0.5, 0.6) is 5.88 Å². The van der Waals surface area contributed by atoms with Gasteiger partial charge in [0, 0.05) is 12.1 Å². The van der Waals surface area contributed by atoms with Gasteiger partial charge in [0.15, 0.2) is 6.10 Å². The lowest BCUT2D eigenvalue weighted by atomic mass is 10.1. The molecule has 1 aromatic heterocycles. The molecule has 0 bridgehead atoms. The van der Waals surface area contributed by atoms with Crippen molar-refractivity contribution in [3.05, 3.63) is 23.4 Å². The van der Waals surface area contributed by atoms with Crippen molar-refractivity contribution in [2.45, 2.75) is 31.5 Å². The fourth-order valence-corrected chi connectivity index (χ4v) is 1.49. The van der Waals surface area contributed by atoms with Crippen molar-refractivity contribution in [3.8, 4) is 11.9 Å². The van der Waals surface area contributed by atoms with Crippen LogP contribution in [0.2, 0.25) is 0 Å². The molecule has 2 N–H and O–H groups in total. The Bertz CT molecular complexity index is 539. The number of hydrogen-bond donors (Lipinski definition) is 1. The summed E-state index contributed by atoms with van der Waals surface area (Å²) in [5.41, 5.74) is 5.13. The Hall–Kier alpha value is -1.95. The molecule has 9 heteroatoms. The van der Waals surface area contributed by atoms with Crippen molar-refractivity contribution >= 4 is 0 Å². The molecule has 1 aromatic rings. The summed E-state index contributed by atoms with van der Waals surface area (Å²) in [6.07, 6.45) is -9.08. The highest BCUT2D eigenvalue weighted by atomic mass is 19.4. The van der Waals surface area contributed by atoms with Gasteiger partial charge in [0.2, 0.25) is 5.88 Å². The summed E-state index contributed by atoms with van der Waals surface area (Å²) < 4.78 is 68.7. The molecular formula is C12H12F5N3O. The molecule has 0 aliphatic rings. The number of halogens is 5. The lowest BCUT2D eigenvalue weighted by Crippen LogP contribution is -2.50. The Balaban J connectivity index is 3.16. The van der Waals surface area contributed by atoms with Crippen LogP contribution < -0.4 is 10.5 Å². The van der Waals surface area contributed by atoms with Gasteiger partial charge in [-0.2, -0.15) is 27.2 Å². The summed E-state index contributed by atoms with van der Waals surface area (Å²) in [6.45, 7) is 1.04. The van der Waals surface area contributed by atoms with E-state index in [1.165, 1.54) is 19.1 Å². The van der Waals surface area contributed by atoms with Crippen LogP contribution in [0.15, 0.2) is 12.1 Å². The van der Waals surface area contributed by atoms with E-state index in [-0.39, 0.29) is 5.56 Å². The summed E-state index contributed by atoms with van der Waals surface area (Å²) in [4.78, 5) is 3.68. The van der Waals surface area contributed by atoms with Gasteiger partial charge in [-0.3, -0.25) is 0 Å². The van der Waals surface area contributed by atoms with E-state index in [9.17, 15) is 22.0 Å². The van der Waals surface area contributed by atoms with E-state index in [0.717, 1.165) is 0 Å². The van der Waals surface area contributed by atoms with Gasteiger partial charge in [-0.1, -0.05) is 0 Å². The average molecular weight is 309 g/mol. The van der Waals surface area contributed by atoms with Gasteiger partial charge in [-0.15, -0.1) is 0 Å². The largest absolute Gasteiger partial charge is 0.467 e. The zero-order valence-corrected chi connectivity index (χ0v) is 10.9. The molecule has 21 heavy (non-hydrogen) atoms. The van der Waals surface area contributed by atoms with Crippen molar-refractivity contribution in [3.63, 3.8) is 0 Å². The fourth-order valence-electron chi connectivity index (χ4n) is 1.49. The van der Waals surface area contributed by atoms with E-state index in [1.807, 2.05) is 0 Å². The SMILES string of the molecule is Cc1ccc(C#N)c(OC(CCN)C(F)(F)C(F)(F)F)n1. The predicted octanol–water partition coefficient (Wildman–Crippen LogP) is 2.56. The van der Waals surface area contributed by atoms with Crippen LogP contribution in [0.3, 0.4) is 0 Å². The molecule has 0 saturated carbocycles. The van der Waals surface area contributed by atoms with Gasteiger partial charge in [-0.05, 0) is 25.6 Å². The summed E-state index contributed by atoms with van der Waals surface area (Å²) in [6, 6.07) is 4.25. The smallest absolute Gasteiger partial charge is 0.457 e. The molecule has 1 rings (SSSR count). The van der Waals surface area contributed by atoms with Crippen LogP contribution in [0.1, 0.15) is 17.7 Å². The highest BCUT2D eigenvalue weighted by molar-refractivity contribution is 5.38. The Morgan fingerprint density at radius 1 is 1.33 bits per heavy atom. The molecule has 1 atom stereocenters. The second kappa shape index (κ2) is 6.22. The van der Waals surface area contributed by atoms with Crippen molar-refractivity contribution in [2.75, 3.05) is 6.54 Å². The third-order valence-corrected chi connectivity index (χ3v) is 2.59. The molecule has 0 fully saturated rings. The van der Waals surface area contributed by atoms with Gasteiger partial charge >= 0.3 is 12.1 Å². The second-order valence-electron chi connectivity index (χ2n) is 4.22. The number of pyridine rings is 1. The predicted molar refractivity (Wildman–Crippen MR) is 62.8 cm³/mol. The summed E-state index contributed by atoms with van der Waals surface area (Å²) in [7, 11) is 0. The number of nitrogens with zero attached hydrogens (tertiary/aromatic N) is 2. The Morgan fingerprint density at radius 3 is 2.43 bits per heavy atom. The number of aryl methyl sites for hydroxylation is 1. The zero-order chi connectivity index (χ0) is 16.3. The van der Waals surface area contributed by atoms with E-state index in [1.54, 1.807) is 6.07 Å². The summed E-state index contributed by atoms with van der Waals surface area (Å²) in [5, 5.41) is 8.81. The highest BCUT2D eigenvalue weighted by Gasteiger charge is 2.63. The zero-order valence-electron chi connectivity index (χ0n) is 10.9. The molecule has 0 aliphatic heterocycles. The molecule has 1 unspecified atom stereocenters. The van der Waals surface area contributed by atoms with E-state index in [4.69, 9.17) is 11.0 Å². The van der Waals surface area contributed by atoms with Crippen molar-refractivity contribution < 1.29 is 26.7 Å². The molecule has 0 amide bonds. The number of hydrogen-bond acceptors (Lipinski definition) is 4. The molecule has 116 valence electrons.